The fraction of sp³-hybridized carbons (Fsp3) is 1.00. The van der Waals surface area contributed by atoms with Gasteiger partial charge in [-0.2, -0.15) is 0 Å². The number of hydrogen-bond acceptors (Lipinski definition) is 4. The average molecular weight is 242 g/mol. The summed E-state index contributed by atoms with van der Waals surface area (Å²) in [4.78, 5) is 2.59. The van der Waals surface area contributed by atoms with E-state index in [1.165, 1.54) is 12.8 Å². The van der Waals surface area contributed by atoms with Crippen molar-refractivity contribution < 1.29 is 9.47 Å². The van der Waals surface area contributed by atoms with Gasteiger partial charge in [0.15, 0.2) is 0 Å². The fourth-order valence-corrected chi connectivity index (χ4v) is 3.04. The second-order valence-corrected chi connectivity index (χ2v) is 5.33. The molecule has 2 N–H and O–H groups in total. The highest BCUT2D eigenvalue weighted by molar-refractivity contribution is 5.08. The highest BCUT2D eigenvalue weighted by atomic mass is 16.5. The Kier molecular flexibility index (Phi) is 4.42. The van der Waals surface area contributed by atoms with Crippen molar-refractivity contribution in [2.24, 2.45) is 5.73 Å². The van der Waals surface area contributed by atoms with Gasteiger partial charge in [0.05, 0.1) is 12.7 Å². The predicted octanol–water partition coefficient (Wildman–Crippen LogP) is 0.994. The van der Waals surface area contributed by atoms with E-state index in [4.69, 9.17) is 15.2 Å². The van der Waals surface area contributed by atoms with E-state index in [0.29, 0.717) is 6.10 Å². The first-order valence-electron chi connectivity index (χ1n) is 6.83. The molecule has 0 spiro atoms. The molecular formula is C13H26N2O2. The third-order valence-electron chi connectivity index (χ3n) is 4.13. The number of nitrogens with zero attached hydrogens (tertiary/aromatic N) is 1. The zero-order chi connectivity index (χ0) is 12.3. The molecule has 0 bridgehead atoms. The van der Waals surface area contributed by atoms with Gasteiger partial charge in [0.1, 0.15) is 0 Å². The van der Waals surface area contributed by atoms with E-state index in [-0.39, 0.29) is 5.54 Å². The van der Waals surface area contributed by atoms with Crippen molar-refractivity contribution in [2.75, 3.05) is 33.4 Å². The van der Waals surface area contributed by atoms with Crippen LogP contribution >= 0.6 is 0 Å². The molecule has 0 amide bonds. The van der Waals surface area contributed by atoms with E-state index in [1.807, 2.05) is 0 Å². The summed E-state index contributed by atoms with van der Waals surface area (Å²) in [5, 5.41) is 0. The summed E-state index contributed by atoms with van der Waals surface area (Å²) in [6.45, 7) is 5.43. The van der Waals surface area contributed by atoms with Crippen LogP contribution in [0.1, 0.15) is 32.6 Å². The van der Waals surface area contributed by atoms with E-state index < -0.39 is 0 Å². The maximum atomic E-state index is 6.03. The molecule has 0 aliphatic heterocycles. The highest BCUT2D eigenvalue weighted by Gasteiger charge is 2.51. The quantitative estimate of drug-likeness (QED) is 0.689. The van der Waals surface area contributed by atoms with Crippen molar-refractivity contribution in [2.45, 2.75) is 50.3 Å². The van der Waals surface area contributed by atoms with Gasteiger partial charge in [-0.1, -0.05) is 0 Å². The lowest BCUT2D eigenvalue weighted by Gasteiger charge is -2.54. The molecule has 4 nitrogen and oxygen atoms in total. The van der Waals surface area contributed by atoms with E-state index in [9.17, 15) is 0 Å². The average Bonchev–Trinajstić information content (AvgIpc) is 3.09. The van der Waals surface area contributed by atoms with E-state index >= 15 is 0 Å². The third kappa shape index (κ3) is 2.81. The zero-order valence-electron chi connectivity index (χ0n) is 11.2. The van der Waals surface area contributed by atoms with Crippen LogP contribution in [0.3, 0.4) is 0 Å². The first kappa shape index (κ1) is 13.3. The molecule has 0 radical (unpaired) electrons. The molecule has 2 aliphatic rings. The molecule has 0 aromatic rings. The Morgan fingerprint density at radius 3 is 2.53 bits per heavy atom. The summed E-state index contributed by atoms with van der Waals surface area (Å²) in [7, 11) is 1.77. The lowest BCUT2D eigenvalue weighted by Crippen LogP contribution is -2.65. The summed E-state index contributed by atoms with van der Waals surface area (Å²) in [6.07, 6.45) is 5.26. The summed E-state index contributed by atoms with van der Waals surface area (Å²) in [5.74, 6) is 0. The first-order valence-corrected chi connectivity index (χ1v) is 6.83. The van der Waals surface area contributed by atoms with Gasteiger partial charge in [0.25, 0.3) is 0 Å². The van der Waals surface area contributed by atoms with Crippen LogP contribution in [0.4, 0.5) is 0 Å². The largest absolute Gasteiger partial charge is 0.383 e. The predicted molar refractivity (Wildman–Crippen MR) is 68.0 cm³/mol. The van der Waals surface area contributed by atoms with E-state index in [2.05, 4.69) is 11.8 Å². The monoisotopic (exact) mass is 242 g/mol. The van der Waals surface area contributed by atoms with Gasteiger partial charge in [0.2, 0.25) is 0 Å². The second kappa shape index (κ2) is 5.65. The number of methoxy groups -OCH3 is 1. The maximum absolute atomic E-state index is 6.03. The Morgan fingerprint density at radius 2 is 2.06 bits per heavy atom. The lowest BCUT2D eigenvalue weighted by atomic mass is 9.72. The highest BCUT2D eigenvalue weighted by Crippen LogP contribution is 2.44. The molecule has 100 valence electrons. The molecule has 17 heavy (non-hydrogen) atoms. The van der Waals surface area contributed by atoms with Crippen LogP contribution in [-0.2, 0) is 9.47 Å². The van der Waals surface area contributed by atoms with Crippen molar-refractivity contribution in [1.82, 2.24) is 4.90 Å². The molecule has 0 unspecified atom stereocenters. The molecule has 0 aromatic heterocycles. The van der Waals surface area contributed by atoms with Gasteiger partial charge in [-0.25, -0.2) is 0 Å². The topological polar surface area (TPSA) is 47.7 Å². The van der Waals surface area contributed by atoms with Gasteiger partial charge < -0.3 is 15.2 Å². The number of hydrogen-bond donors (Lipinski definition) is 1. The minimum absolute atomic E-state index is 0.194. The third-order valence-corrected chi connectivity index (χ3v) is 4.13. The van der Waals surface area contributed by atoms with Crippen molar-refractivity contribution in [3.05, 3.63) is 0 Å². The molecule has 2 rings (SSSR count). The number of ether oxygens (including phenoxy) is 2. The normalized spacial score (nSPS) is 32.8. The van der Waals surface area contributed by atoms with Crippen molar-refractivity contribution in [3.63, 3.8) is 0 Å². The van der Waals surface area contributed by atoms with Gasteiger partial charge >= 0.3 is 0 Å². The Labute approximate surface area is 104 Å². The Balaban J connectivity index is 1.91. The molecule has 0 aromatic carbocycles. The Hall–Kier alpha value is -0.160. The minimum Gasteiger partial charge on any atom is -0.383 e. The molecular weight excluding hydrogens is 216 g/mol. The summed E-state index contributed by atoms with van der Waals surface area (Å²) in [5.41, 5.74) is 6.22. The Bertz CT molecular complexity index is 238. The standard InChI is InChI=1S/C13H26N2O2/c1-3-17-12-8-13(9-12,10-14)15(6-7-16-2)11-4-5-11/h11-12H,3-10,14H2,1-2H3. The SMILES string of the molecule is CCOC1CC(CN)(N(CCOC)C2CC2)C1. The molecule has 2 saturated carbocycles. The van der Waals surface area contributed by atoms with Gasteiger partial charge in [0, 0.05) is 38.4 Å². The molecule has 2 aliphatic carbocycles. The van der Waals surface area contributed by atoms with E-state index in [1.54, 1.807) is 7.11 Å². The fourth-order valence-electron chi connectivity index (χ4n) is 3.04. The molecule has 0 heterocycles. The Morgan fingerprint density at radius 1 is 1.35 bits per heavy atom. The maximum Gasteiger partial charge on any atom is 0.0611 e. The smallest absolute Gasteiger partial charge is 0.0611 e. The van der Waals surface area contributed by atoms with Gasteiger partial charge in [-0.3, -0.25) is 4.90 Å². The van der Waals surface area contributed by atoms with Crippen LogP contribution < -0.4 is 5.73 Å². The summed E-state index contributed by atoms with van der Waals surface area (Å²) < 4.78 is 10.9. The first-order chi connectivity index (χ1) is 8.25. The zero-order valence-corrected chi connectivity index (χ0v) is 11.2. The summed E-state index contributed by atoms with van der Waals surface area (Å²) >= 11 is 0. The van der Waals surface area contributed by atoms with Crippen LogP contribution in [0, 0.1) is 0 Å². The van der Waals surface area contributed by atoms with Crippen molar-refractivity contribution in [3.8, 4) is 0 Å². The van der Waals surface area contributed by atoms with Crippen molar-refractivity contribution >= 4 is 0 Å². The van der Waals surface area contributed by atoms with Crippen LogP contribution in [-0.4, -0.2) is 56.0 Å². The van der Waals surface area contributed by atoms with Crippen LogP contribution in [0.15, 0.2) is 0 Å². The number of rotatable bonds is 8. The van der Waals surface area contributed by atoms with Gasteiger partial charge in [-0.05, 0) is 32.6 Å². The second-order valence-electron chi connectivity index (χ2n) is 5.33. The summed E-state index contributed by atoms with van der Waals surface area (Å²) in [6, 6.07) is 0.747. The van der Waals surface area contributed by atoms with E-state index in [0.717, 1.165) is 45.2 Å². The van der Waals surface area contributed by atoms with Crippen LogP contribution in [0.5, 0.6) is 0 Å². The molecule has 0 atom stereocenters. The molecule has 2 fully saturated rings. The van der Waals surface area contributed by atoms with Gasteiger partial charge in [-0.15, -0.1) is 0 Å². The lowest BCUT2D eigenvalue weighted by molar-refractivity contribution is -0.107. The molecule has 0 saturated heterocycles. The van der Waals surface area contributed by atoms with Crippen LogP contribution in [0.25, 0.3) is 0 Å². The number of nitrogens with two attached hydrogens (primary N) is 1. The molecule has 4 heteroatoms. The van der Waals surface area contributed by atoms with Crippen LogP contribution in [0.2, 0.25) is 0 Å². The van der Waals surface area contributed by atoms with Crippen molar-refractivity contribution in [1.29, 1.82) is 0 Å². The minimum atomic E-state index is 0.194.